The number of methoxy groups -OCH3 is 1. The van der Waals surface area contributed by atoms with Gasteiger partial charge in [0.1, 0.15) is 11.9 Å². The summed E-state index contributed by atoms with van der Waals surface area (Å²) in [4.78, 5) is 16.7. The van der Waals surface area contributed by atoms with E-state index < -0.39 is 0 Å². The number of nitrogens with one attached hydrogen (secondary N) is 1. The van der Waals surface area contributed by atoms with Crippen molar-refractivity contribution in [2.45, 2.75) is 18.6 Å². The predicted octanol–water partition coefficient (Wildman–Crippen LogP) is 5.82. The number of nitrogens with zero attached hydrogens (tertiary/aromatic N) is 1. The van der Waals surface area contributed by atoms with E-state index in [1.54, 1.807) is 30.3 Å². The number of carbonyl (C=O) groups excluding carboxylic acids is 1. The first kappa shape index (κ1) is 21.6. The zero-order valence-corrected chi connectivity index (χ0v) is 19.0. The van der Waals surface area contributed by atoms with Crippen molar-refractivity contribution >= 4 is 39.2 Å². The normalized spacial score (nSPS) is 18.4. The van der Waals surface area contributed by atoms with Crippen LogP contribution < -0.4 is 5.32 Å². The summed E-state index contributed by atoms with van der Waals surface area (Å²) in [5, 5.41) is 14.5. The first-order chi connectivity index (χ1) is 14.9. The molecule has 0 radical (unpaired) electrons. The highest BCUT2D eigenvalue weighted by molar-refractivity contribution is 9.10. The Hall–Kier alpha value is -2.67. The third-order valence-corrected chi connectivity index (χ3v) is 5.94. The van der Waals surface area contributed by atoms with E-state index in [0.717, 1.165) is 21.3 Å². The van der Waals surface area contributed by atoms with Crippen molar-refractivity contribution in [3.8, 4) is 5.75 Å². The lowest BCUT2D eigenvalue weighted by atomic mass is 9.93. The second-order valence-electron chi connectivity index (χ2n) is 7.23. The third-order valence-electron chi connectivity index (χ3n) is 5.21. The highest BCUT2D eigenvalue weighted by Gasteiger charge is 2.28. The molecule has 3 aromatic rings. The number of benzene rings is 3. The van der Waals surface area contributed by atoms with Gasteiger partial charge in [-0.2, -0.15) is 0 Å². The van der Waals surface area contributed by atoms with Crippen LogP contribution in [0.2, 0.25) is 5.02 Å². The molecule has 1 aliphatic heterocycles. The van der Waals surface area contributed by atoms with Crippen molar-refractivity contribution in [2.75, 3.05) is 7.11 Å². The molecule has 0 amide bonds. The number of aliphatic imine (C=N–C) groups is 1. The van der Waals surface area contributed by atoms with Crippen LogP contribution in [0.25, 0.3) is 0 Å². The van der Waals surface area contributed by atoms with Gasteiger partial charge in [-0.05, 0) is 53.6 Å². The lowest BCUT2D eigenvalue weighted by Gasteiger charge is -2.31. The zero-order valence-electron chi connectivity index (χ0n) is 16.7. The van der Waals surface area contributed by atoms with Crippen LogP contribution in [-0.2, 0) is 4.74 Å². The molecule has 2 N–H and O–H groups in total. The van der Waals surface area contributed by atoms with Crippen LogP contribution in [0.4, 0.5) is 0 Å². The Labute approximate surface area is 193 Å². The molecule has 0 bridgehead atoms. The van der Waals surface area contributed by atoms with E-state index in [2.05, 4.69) is 21.2 Å². The SMILES string of the molecule is COC(=O)c1ccc([C@H]2N=C(c3cccc(Br)c3)C[C@@H](c3cc(Cl)ccc3O)N2)cc1. The molecule has 0 aliphatic carbocycles. The summed E-state index contributed by atoms with van der Waals surface area (Å²) in [5.41, 5.74) is 3.99. The molecule has 0 spiro atoms. The molecule has 31 heavy (non-hydrogen) atoms. The molecule has 1 aliphatic rings. The Morgan fingerprint density at radius 1 is 1.16 bits per heavy atom. The Kier molecular flexibility index (Phi) is 6.41. The van der Waals surface area contributed by atoms with Gasteiger partial charge in [-0.15, -0.1) is 0 Å². The lowest BCUT2D eigenvalue weighted by Crippen LogP contribution is -2.33. The maximum Gasteiger partial charge on any atom is 0.337 e. The molecule has 0 unspecified atom stereocenters. The molecule has 7 heteroatoms. The van der Waals surface area contributed by atoms with Crippen molar-refractivity contribution < 1.29 is 14.6 Å². The van der Waals surface area contributed by atoms with Crippen LogP contribution in [0.15, 0.2) is 76.2 Å². The first-order valence-electron chi connectivity index (χ1n) is 9.70. The van der Waals surface area contributed by atoms with Crippen molar-refractivity contribution in [1.82, 2.24) is 5.32 Å². The van der Waals surface area contributed by atoms with Crippen molar-refractivity contribution in [1.29, 1.82) is 0 Å². The average Bonchev–Trinajstić information content (AvgIpc) is 2.80. The van der Waals surface area contributed by atoms with Gasteiger partial charge in [-0.3, -0.25) is 10.3 Å². The van der Waals surface area contributed by atoms with Crippen molar-refractivity contribution in [3.63, 3.8) is 0 Å². The largest absolute Gasteiger partial charge is 0.508 e. The van der Waals surface area contributed by atoms with E-state index >= 15 is 0 Å². The summed E-state index contributed by atoms with van der Waals surface area (Å²) >= 11 is 9.73. The maximum atomic E-state index is 11.8. The Balaban J connectivity index is 1.74. The number of ether oxygens (including phenoxy) is 1. The molecule has 0 saturated carbocycles. The number of carbonyl (C=O) groups is 1. The van der Waals surface area contributed by atoms with Gasteiger partial charge < -0.3 is 9.84 Å². The van der Waals surface area contributed by atoms with Gasteiger partial charge in [0, 0.05) is 33.2 Å². The van der Waals surface area contributed by atoms with Gasteiger partial charge >= 0.3 is 5.97 Å². The van der Waals surface area contributed by atoms with Crippen LogP contribution in [0.3, 0.4) is 0 Å². The van der Waals surface area contributed by atoms with Crippen molar-refractivity contribution in [2.24, 2.45) is 4.99 Å². The molecule has 5 nitrogen and oxygen atoms in total. The fourth-order valence-electron chi connectivity index (χ4n) is 3.64. The first-order valence-corrected chi connectivity index (χ1v) is 10.9. The van der Waals surface area contributed by atoms with E-state index in [9.17, 15) is 9.90 Å². The number of aromatic hydroxyl groups is 1. The minimum atomic E-state index is -0.386. The van der Waals surface area contributed by atoms with Gasteiger partial charge in [0.15, 0.2) is 0 Å². The fraction of sp³-hybridized carbons (Fsp3) is 0.167. The number of hydrogen-bond donors (Lipinski definition) is 2. The third kappa shape index (κ3) is 4.82. The topological polar surface area (TPSA) is 70.9 Å². The number of phenolic OH excluding ortho intramolecular Hbond substituents is 1. The molecule has 3 aromatic carbocycles. The monoisotopic (exact) mass is 498 g/mol. The number of hydrogen-bond acceptors (Lipinski definition) is 5. The summed E-state index contributed by atoms with van der Waals surface area (Å²) < 4.78 is 5.75. The van der Waals surface area contributed by atoms with Crippen LogP contribution in [-0.4, -0.2) is 23.9 Å². The van der Waals surface area contributed by atoms with Crippen LogP contribution >= 0.6 is 27.5 Å². The molecule has 0 saturated heterocycles. The van der Waals surface area contributed by atoms with Gasteiger partial charge in [0.2, 0.25) is 0 Å². The standard InChI is InChI=1S/C24H20BrClN2O3/c1-31-24(30)15-7-5-14(6-8-15)23-27-20(16-3-2-4-17(25)11-16)13-21(28-23)19-12-18(26)9-10-22(19)29/h2-12,21,23,28-29H,13H2,1H3/t21-,23-/m0/s1. The summed E-state index contributed by atoms with van der Waals surface area (Å²) in [7, 11) is 1.36. The van der Waals surface area contributed by atoms with E-state index in [1.807, 2.05) is 36.4 Å². The van der Waals surface area contributed by atoms with E-state index in [0.29, 0.717) is 22.6 Å². The number of phenols is 1. The quantitative estimate of drug-likeness (QED) is 0.444. The van der Waals surface area contributed by atoms with Crippen LogP contribution in [0.5, 0.6) is 5.75 Å². The number of halogens is 2. The van der Waals surface area contributed by atoms with E-state index in [-0.39, 0.29) is 23.9 Å². The molecule has 0 aromatic heterocycles. The lowest BCUT2D eigenvalue weighted by molar-refractivity contribution is 0.0600. The zero-order chi connectivity index (χ0) is 22.0. The number of esters is 1. The summed E-state index contributed by atoms with van der Waals surface area (Å²) in [6.45, 7) is 0. The minimum Gasteiger partial charge on any atom is -0.508 e. The smallest absolute Gasteiger partial charge is 0.337 e. The summed E-state index contributed by atoms with van der Waals surface area (Å²) in [6, 6.07) is 20.0. The van der Waals surface area contributed by atoms with Gasteiger partial charge in [-0.1, -0.05) is 51.8 Å². The minimum absolute atomic E-state index is 0.178. The predicted molar refractivity (Wildman–Crippen MR) is 125 cm³/mol. The highest BCUT2D eigenvalue weighted by Crippen LogP contribution is 2.36. The van der Waals surface area contributed by atoms with Crippen LogP contribution in [0.1, 0.15) is 45.7 Å². The van der Waals surface area contributed by atoms with E-state index in [4.69, 9.17) is 21.3 Å². The van der Waals surface area contributed by atoms with E-state index in [1.165, 1.54) is 7.11 Å². The van der Waals surface area contributed by atoms with Crippen molar-refractivity contribution in [3.05, 3.63) is 98.5 Å². The second kappa shape index (κ2) is 9.22. The second-order valence-corrected chi connectivity index (χ2v) is 8.58. The fourth-order valence-corrected chi connectivity index (χ4v) is 4.22. The Morgan fingerprint density at radius 2 is 1.94 bits per heavy atom. The molecule has 158 valence electrons. The Morgan fingerprint density at radius 3 is 2.65 bits per heavy atom. The number of rotatable bonds is 4. The van der Waals surface area contributed by atoms with Gasteiger partial charge in [-0.25, -0.2) is 4.79 Å². The average molecular weight is 500 g/mol. The van der Waals surface area contributed by atoms with Gasteiger partial charge in [0.25, 0.3) is 0 Å². The summed E-state index contributed by atoms with van der Waals surface area (Å²) in [6.07, 6.45) is 0.221. The molecular formula is C24H20BrClN2O3. The maximum absolute atomic E-state index is 11.8. The molecule has 4 rings (SSSR count). The highest BCUT2D eigenvalue weighted by atomic mass is 79.9. The molecule has 1 heterocycles. The van der Waals surface area contributed by atoms with Crippen LogP contribution in [0, 0.1) is 0 Å². The Bertz CT molecular complexity index is 1150. The molecular weight excluding hydrogens is 480 g/mol. The molecule has 2 atom stereocenters. The molecule has 0 fully saturated rings. The van der Waals surface area contributed by atoms with Gasteiger partial charge in [0.05, 0.1) is 12.7 Å². The summed E-state index contributed by atoms with van der Waals surface area (Å²) in [5.74, 6) is -0.208.